The van der Waals surface area contributed by atoms with Crippen LogP contribution >= 0.6 is 0 Å². The zero-order chi connectivity index (χ0) is 6.85. The second-order valence-electron chi connectivity index (χ2n) is 2.24. The van der Waals surface area contributed by atoms with Crippen LogP contribution in [0.4, 0.5) is 0 Å². The van der Waals surface area contributed by atoms with E-state index < -0.39 is 0 Å². The topological polar surface area (TPSA) is 8.81 Å². The van der Waals surface area contributed by atoms with Crippen molar-refractivity contribution in [1.29, 1.82) is 0 Å². The lowest BCUT2D eigenvalue weighted by Gasteiger charge is -1.90. The molecule has 1 heterocycles. The van der Waals surface area contributed by atoms with Gasteiger partial charge in [-0.05, 0) is 6.92 Å². The third-order valence-electron chi connectivity index (χ3n) is 1.74. The highest BCUT2D eigenvalue weighted by molar-refractivity contribution is 4.77. The van der Waals surface area contributed by atoms with Gasteiger partial charge in [0.1, 0.15) is 12.4 Å². The van der Waals surface area contributed by atoms with E-state index in [0.29, 0.717) is 0 Å². The molecule has 0 unspecified atom stereocenters. The number of nitrogens with zero attached hydrogens (tertiary/aromatic N) is 2. The summed E-state index contributed by atoms with van der Waals surface area (Å²) in [5.41, 5.74) is 0. The minimum Gasteiger partial charge on any atom is -1.00 e. The van der Waals surface area contributed by atoms with Crippen LogP contribution in [0.15, 0.2) is 12.4 Å². The summed E-state index contributed by atoms with van der Waals surface area (Å²) in [6.45, 7) is 5.32. The molecule has 0 amide bonds. The van der Waals surface area contributed by atoms with Crippen molar-refractivity contribution in [2.24, 2.45) is 7.05 Å². The van der Waals surface area contributed by atoms with Gasteiger partial charge in [-0.3, -0.25) is 0 Å². The summed E-state index contributed by atoms with van der Waals surface area (Å²) in [5, 5.41) is 0. The Labute approximate surface area is 60.5 Å². The molecule has 0 aliphatic heterocycles. The molecule has 1 rings (SSSR count). The highest BCUT2D eigenvalue weighted by Crippen LogP contribution is 1.89. The predicted molar refractivity (Wildman–Crippen MR) is 36.0 cm³/mol. The molecular weight excluding hydrogens is 131 g/mol. The molecule has 0 radical (unpaired) electrons. The fourth-order valence-electron chi connectivity index (χ4n) is 0.933. The van der Waals surface area contributed by atoms with Gasteiger partial charge in [0.15, 0.2) is 0 Å². The van der Waals surface area contributed by atoms with Crippen LogP contribution in [0.3, 0.4) is 0 Å². The molecule has 0 saturated heterocycles. The number of imidazole rings is 1. The zero-order valence-electron chi connectivity index (χ0n) is 6.63. The van der Waals surface area contributed by atoms with E-state index in [1.807, 2.05) is 0 Å². The largest absolute Gasteiger partial charge is 1.00 e. The number of aryl methyl sites for hydroxylation is 2. The van der Waals surface area contributed by atoms with Crippen molar-refractivity contribution in [3.8, 4) is 0 Å². The first kappa shape index (κ1) is 9.14. The lowest BCUT2D eigenvalue weighted by atomic mass is 10.6. The molecule has 10 heavy (non-hydrogen) atoms. The molecule has 0 aliphatic rings. The van der Waals surface area contributed by atoms with Crippen molar-refractivity contribution >= 4 is 0 Å². The van der Waals surface area contributed by atoms with Gasteiger partial charge in [0.25, 0.3) is 5.82 Å². The van der Waals surface area contributed by atoms with Crippen LogP contribution in [-0.2, 0) is 13.6 Å². The number of aromatic nitrogens is 2. The number of halogens is 1. The van der Waals surface area contributed by atoms with Gasteiger partial charge in [-0.1, -0.05) is 0 Å². The maximum atomic E-state index is 2.21. The van der Waals surface area contributed by atoms with Crippen molar-refractivity contribution in [2.45, 2.75) is 20.4 Å². The van der Waals surface area contributed by atoms with Crippen LogP contribution in [0.5, 0.6) is 0 Å². The monoisotopic (exact) mass is 144 g/mol. The standard InChI is InChI=1S/C7H13N2.FH/c1-4-9-6-5-8(3)7(9)2;/h5-6H,4H2,1-3H3;1H/q+1;/p-1. The average molecular weight is 144 g/mol. The van der Waals surface area contributed by atoms with Gasteiger partial charge in [-0.25, -0.2) is 9.13 Å². The van der Waals surface area contributed by atoms with Gasteiger partial charge in [0, 0.05) is 6.92 Å². The van der Waals surface area contributed by atoms with E-state index in [4.69, 9.17) is 0 Å². The Bertz CT molecular complexity index is 205. The number of hydrogen-bond acceptors (Lipinski definition) is 0. The summed E-state index contributed by atoms with van der Waals surface area (Å²) < 4.78 is 4.32. The molecular formula is C7H13FN2. The molecule has 0 saturated carbocycles. The smallest absolute Gasteiger partial charge is 0.252 e. The van der Waals surface area contributed by atoms with Crippen LogP contribution in [0.2, 0.25) is 0 Å². The molecule has 0 aromatic carbocycles. The summed E-state index contributed by atoms with van der Waals surface area (Å²) in [7, 11) is 2.06. The first-order chi connectivity index (χ1) is 4.25. The highest BCUT2D eigenvalue weighted by atomic mass is 19.0. The quantitative estimate of drug-likeness (QED) is 0.390. The maximum Gasteiger partial charge on any atom is 0.252 e. The van der Waals surface area contributed by atoms with Gasteiger partial charge in [-0.15, -0.1) is 0 Å². The SMILES string of the molecule is CCn1cc[n+](C)c1C.[F-]. The lowest BCUT2D eigenvalue weighted by molar-refractivity contribution is -0.677. The van der Waals surface area contributed by atoms with Crippen molar-refractivity contribution in [2.75, 3.05) is 0 Å². The third kappa shape index (κ3) is 1.35. The van der Waals surface area contributed by atoms with E-state index in [1.165, 1.54) is 5.82 Å². The van der Waals surface area contributed by atoms with E-state index >= 15 is 0 Å². The number of rotatable bonds is 1. The normalized spacial score (nSPS) is 9.10. The third-order valence-corrected chi connectivity index (χ3v) is 1.74. The highest BCUT2D eigenvalue weighted by Gasteiger charge is 2.03. The molecule has 0 aliphatic carbocycles. The molecule has 0 bridgehead atoms. The van der Waals surface area contributed by atoms with E-state index in [0.717, 1.165) is 6.54 Å². The molecule has 0 atom stereocenters. The summed E-state index contributed by atoms with van der Waals surface area (Å²) in [4.78, 5) is 0. The lowest BCUT2D eigenvalue weighted by Crippen LogP contribution is -3.00. The van der Waals surface area contributed by atoms with Gasteiger partial charge < -0.3 is 4.70 Å². The minimum atomic E-state index is 0. The Morgan fingerprint density at radius 3 is 2.40 bits per heavy atom. The van der Waals surface area contributed by atoms with E-state index in [9.17, 15) is 0 Å². The Morgan fingerprint density at radius 2 is 2.20 bits per heavy atom. The van der Waals surface area contributed by atoms with Crippen molar-refractivity contribution in [1.82, 2.24) is 4.57 Å². The summed E-state index contributed by atoms with van der Waals surface area (Å²) in [6, 6.07) is 0. The first-order valence-electron chi connectivity index (χ1n) is 3.27. The van der Waals surface area contributed by atoms with Gasteiger partial charge >= 0.3 is 0 Å². The van der Waals surface area contributed by atoms with Crippen LogP contribution in [0.25, 0.3) is 0 Å². The Kier molecular flexibility index (Phi) is 3.06. The Balaban J connectivity index is 0.000000810. The van der Waals surface area contributed by atoms with Crippen molar-refractivity contribution in [3.05, 3.63) is 18.2 Å². The molecule has 3 heteroatoms. The second-order valence-corrected chi connectivity index (χ2v) is 2.24. The minimum absolute atomic E-state index is 0. The summed E-state index contributed by atoms with van der Waals surface area (Å²) in [6.07, 6.45) is 4.16. The molecule has 0 N–H and O–H groups in total. The van der Waals surface area contributed by atoms with Crippen LogP contribution in [0, 0.1) is 6.92 Å². The fourth-order valence-corrected chi connectivity index (χ4v) is 0.933. The van der Waals surface area contributed by atoms with Crippen LogP contribution < -0.4 is 9.27 Å². The van der Waals surface area contributed by atoms with E-state index in [-0.39, 0.29) is 4.70 Å². The molecule has 0 spiro atoms. The van der Waals surface area contributed by atoms with Gasteiger partial charge in [0.05, 0.1) is 13.6 Å². The Hall–Kier alpha value is -0.860. The zero-order valence-corrected chi connectivity index (χ0v) is 6.63. The predicted octanol–water partition coefficient (Wildman–Crippen LogP) is -2.36. The van der Waals surface area contributed by atoms with Gasteiger partial charge in [-0.2, -0.15) is 0 Å². The van der Waals surface area contributed by atoms with Gasteiger partial charge in [0.2, 0.25) is 0 Å². The fraction of sp³-hybridized carbons (Fsp3) is 0.571. The maximum absolute atomic E-state index is 2.21. The van der Waals surface area contributed by atoms with Crippen molar-refractivity contribution < 1.29 is 9.27 Å². The molecule has 0 fully saturated rings. The first-order valence-corrected chi connectivity index (χ1v) is 3.27. The molecule has 1 aromatic heterocycles. The number of hydrogen-bond donors (Lipinski definition) is 0. The van der Waals surface area contributed by atoms with E-state index in [1.54, 1.807) is 0 Å². The molecule has 2 nitrogen and oxygen atoms in total. The second kappa shape index (κ2) is 3.34. The molecule has 58 valence electrons. The summed E-state index contributed by atoms with van der Waals surface area (Å²) >= 11 is 0. The van der Waals surface area contributed by atoms with Crippen LogP contribution in [0.1, 0.15) is 12.7 Å². The average Bonchev–Trinajstić information content (AvgIpc) is 2.15. The molecule has 1 aromatic rings. The summed E-state index contributed by atoms with van der Waals surface area (Å²) in [5.74, 6) is 1.30. The van der Waals surface area contributed by atoms with Crippen molar-refractivity contribution in [3.63, 3.8) is 0 Å². The van der Waals surface area contributed by atoms with E-state index in [2.05, 4.69) is 42.4 Å². The van der Waals surface area contributed by atoms with Crippen LogP contribution in [-0.4, -0.2) is 4.57 Å². The Morgan fingerprint density at radius 1 is 1.60 bits per heavy atom.